The number of amides is 3. The minimum Gasteiger partial charge on any atom is -0.497 e. The zero-order valence-corrected chi connectivity index (χ0v) is 16.4. The monoisotopic (exact) mass is 400 g/mol. The summed E-state index contributed by atoms with van der Waals surface area (Å²) in [7, 11) is 3.07. The number of fused-ring (bicyclic) bond motifs is 1. The molecule has 28 heavy (non-hydrogen) atoms. The predicted molar refractivity (Wildman–Crippen MR) is 107 cm³/mol. The van der Waals surface area contributed by atoms with E-state index in [4.69, 9.17) is 9.47 Å². The van der Waals surface area contributed by atoms with Crippen LogP contribution in [0, 0.1) is 0 Å². The van der Waals surface area contributed by atoms with Gasteiger partial charge < -0.3 is 14.8 Å². The predicted octanol–water partition coefficient (Wildman–Crippen LogP) is 2.67. The van der Waals surface area contributed by atoms with Gasteiger partial charge in [-0.1, -0.05) is 12.1 Å². The van der Waals surface area contributed by atoms with Crippen molar-refractivity contribution in [2.75, 3.05) is 37.6 Å². The number of benzene rings is 2. The molecule has 0 atom stereocenters. The van der Waals surface area contributed by atoms with Crippen molar-refractivity contribution >= 4 is 35.2 Å². The second kappa shape index (κ2) is 8.79. The van der Waals surface area contributed by atoms with Gasteiger partial charge in [0, 0.05) is 18.4 Å². The maximum atomic E-state index is 12.3. The van der Waals surface area contributed by atoms with Crippen LogP contribution >= 0.6 is 11.8 Å². The molecule has 2 aromatic carbocycles. The molecule has 1 aliphatic heterocycles. The van der Waals surface area contributed by atoms with Gasteiger partial charge in [-0.3, -0.25) is 19.3 Å². The molecular weight excluding hydrogens is 380 g/mol. The van der Waals surface area contributed by atoms with E-state index < -0.39 is 0 Å². The summed E-state index contributed by atoms with van der Waals surface area (Å²) < 4.78 is 10.4. The summed E-state index contributed by atoms with van der Waals surface area (Å²) in [5, 5.41) is 2.78. The number of methoxy groups -OCH3 is 2. The normalized spacial score (nSPS) is 12.7. The van der Waals surface area contributed by atoms with Crippen LogP contribution in [-0.2, 0) is 4.79 Å². The molecule has 7 nitrogen and oxygen atoms in total. The van der Waals surface area contributed by atoms with Crippen molar-refractivity contribution < 1.29 is 23.9 Å². The van der Waals surface area contributed by atoms with Gasteiger partial charge in [0.2, 0.25) is 5.91 Å². The highest BCUT2D eigenvalue weighted by Crippen LogP contribution is 2.29. The summed E-state index contributed by atoms with van der Waals surface area (Å²) in [4.78, 5) is 38.0. The third-order valence-corrected chi connectivity index (χ3v) is 5.19. The van der Waals surface area contributed by atoms with Crippen molar-refractivity contribution in [3.8, 4) is 11.5 Å². The molecule has 0 spiro atoms. The van der Waals surface area contributed by atoms with Crippen LogP contribution in [0.15, 0.2) is 42.5 Å². The summed E-state index contributed by atoms with van der Waals surface area (Å²) >= 11 is 1.34. The highest BCUT2D eigenvalue weighted by molar-refractivity contribution is 7.99. The number of hydrogen-bond acceptors (Lipinski definition) is 6. The van der Waals surface area contributed by atoms with Gasteiger partial charge in [0.05, 0.1) is 36.8 Å². The molecule has 0 unspecified atom stereocenters. The zero-order valence-electron chi connectivity index (χ0n) is 15.6. The summed E-state index contributed by atoms with van der Waals surface area (Å²) in [6.45, 7) is 0.257. The number of imide groups is 1. The average molecular weight is 400 g/mol. The Morgan fingerprint density at radius 2 is 1.71 bits per heavy atom. The Kier molecular flexibility index (Phi) is 6.20. The molecule has 0 fully saturated rings. The van der Waals surface area contributed by atoms with Crippen molar-refractivity contribution in [2.45, 2.75) is 0 Å². The van der Waals surface area contributed by atoms with Gasteiger partial charge in [-0.2, -0.15) is 11.8 Å². The lowest BCUT2D eigenvalue weighted by molar-refractivity contribution is -0.113. The molecule has 0 saturated carbocycles. The van der Waals surface area contributed by atoms with Crippen LogP contribution in [0.3, 0.4) is 0 Å². The number of thioether (sulfide) groups is 1. The van der Waals surface area contributed by atoms with Crippen molar-refractivity contribution in [1.82, 2.24) is 4.90 Å². The molecule has 0 aliphatic carbocycles. The van der Waals surface area contributed by atoms with Gasteiger partial charge >= 0.3 is 0 Å². The number of nitrogens with zero attached hydrogens (tertiary/aromatic N) is 1. The second-order valence-corrected chi connectivity index (χ2v) is 7.08. The lowest BCUT2D eigenvalue weighted by Gasteiger charge is -2.14. The maximum absolute atomic E-state index is 12.3. The van der Waals surface area contributed by atoms with Gasteiger partial charge in [0.15, 0.2) is 0 Å². The molecule has 0 aromatic heterocycles. The fourth-order valence-corrected chi connectivity index (χ4v) is 3.57. The van der Waals surface area contributed by atoms with Crippen LogP contribution in [-0.4, -0.2) is 54.9 Å². The molecule has 0 saturated heterocycles. The van der Waals surface area contributed by atoms with E-state index in [9.17, 15) is 14.4 Å². The molecule has 1 heterocycles. The van der Waals surface area contributed by atoms with E-state index in [1.54, 1.807) is 49.6 Å². The first kappa shape index (κ1) is 19.8. The lowest BCUT2D eigenvalue weighted by atomic mass is 10.1. The van der Waals surface area contributed by atoms with Crippen molar-refractivity contribution in [3.05, 3.63) is 53.6 Å². The highest BCUT2D eigenvalue weighted by Gasteiger charge is 2.34. The number of rotatable bonds is 8. The average Bonchev–Trinajstić information content (AvgIpc) is 2.96. The molecule has 1 N–H and O–H groups in total. The zero-order chi connectivity index (χ0) is 20.1. The first-order valence-corrected chi connectivity index (χ1v) is 9.75. The Labute approximate surface area is 167 Å². The van der Waals surface area contributed by atoms with E-state index in [1.807, 2.05) is 0 Å². The smallest absolute Gasteiger partial charge is 0.261 e. The van der Waals surface area contributed by atoms with Crippen molar-refractivity contribution in [2.24, 2.45) is 0 Å². The van der Waals surface area contributed by atoms with Crippen LogP contribution in [0.2, 0.25) is 0 Å². The molecule has 0 bridgehead atoms. The fraction of sp³-hybridized carbons (Fsp3) is 0.250. The van der Waals surface area contributed by atoms with Crippen LogP contribution in [0.25, 0.3) is 0 Å². The van der Waals surface area contributed by atoms with Gasteiger partial charge in [-0.25, -0.2) is 0 Å². The minimum atomic E-state index is -0.285. The van der Waals surface area contributed by atoms with Crippen LogP contribution < -0.4 is 14.8 Å². The van der Waals surface area contributed by atoms with Crippen LogP contribution in [0.4, 0.5) is 5.69 Å². The first-order chi connectivity index (χ1) is 13.5. The molecule has 8 heteroatoms. The molecule has 1 aliphatic rings. The third-order valence-electron chi connectivity index (χ3n) is 4.25. The SMILES string of the molecule is COc1ccc(OC)c(NC(=O)CSCCN2C(=O)c3ccccc3C2=O)c1. The number of anilines is 1. The van der Waals surface area contributed by atoms with Crippen molar-refractivity contribution in [1.29, 1.82) is 0 Å². The molecule has 0 radical (unpaired) electrons. The number of ether oxygens (including phenoxy) is 2. The Bertz CT molecular complexity index is 880. The summed E-state index contributed by atoms with van der Waals surface area (Å²) in [6, 6.07) is 11.9. The van der Waals surface area contributed by atoms with E-state index in [1.165, 1.54) is 23.8 Å². The fourth-order valence-electron chi connectivity index (χ4n) is 2.86. The topological polar surface area (TPSA) is 84.9 Å². The Morgan fingerprint density at radius 3 is 2.32 bits per heavy atom. The summed E-state index contributed by atoms with van der Waals surface area (Å²) in [5.41, 5.74) is 1.38. The van der Waals surface area contributed by atoms with E-state index in [0.29, 0.717) is 34.1 Å². The van der Waals surface area contributed by atoms with Crippen LogP contribution in [0.5, 0.6) is 11.5 Å². The standard InChI is InChI=1S/C20H20N2O5S/c1-26-13-7-8-17(27-2)16(11-13)21-18(23)12-28-10-9-22-19(24)14-5-3-4-6-15(14)20(22)25/h3-8,11H,9-10,12H2,1-2H3,(H,21,23). The quantitative estimate of drug-likeness (QED) is 0.542. The summed E-state index contributed by atoms with van der Waals surface area (Å²) in [5.74, 6) is 1.01. The van der Waals surface area contributed by atoms with Gasteiger partial charge in [-0.15, -0.1) is 0 Å². The van der Waals surface area contributed by atoms with Gasteiger partial charge in [0.25, 0.3) is 11.8 Å². The first-order valence-electron chi connectivity index (χ1n) is 8.60. The van der Waals surface area contributed by atoms with E-state index in [-0.39, 0.29) is 30.0 Å². The largest absolute Gasteiger partial charge is 0.497 e. The molecule has 3 amide bonds. The molecule has 2 aromatic rings. The second-order valence-electron chi connectivity index (χ2n) is 5.97. The lowest BCUT2D eigenvalue weighted by Crippen LogP contribution is -2.32. The molecule has 3 rings (SSSR count). The van der Waals surface area contributed by atoms with Gasteiger partial charge in [-0.05, 0) is 24.3 Å². The van der Waals surface area contributed by atoms with E-state index in [2.05, 4.69) is 5.32 Å². The molecule has 146 valence electrons. The molecular formula is C20H20N2O5S. The Balaban J connectivity index is 1.49. The number of carbonyl (C=O) groups excluding carboxylic acids is 3. The van der Waals surface area contributed by atoms with E-state index >= 15 is 0 Å². The Hall–Kier alpha value is -3.00. The number of hydrogen-bond donors (Lipinski definition) is 1. The minimum absolute atomic E-state index is 0.184. The van der Waals surface area contributed by atoms with E-state index in [0.717, 1.165) is 0 Å². The van der Waals surface area contributed by atoms with Crippen LogP contribution in [0.1, 0.15) is 20.7 Å². The maximum Gasteiger partial charge on any atom is 0.261 e. The number of carbonyl (C=O) groups is 3. The summed E-state index contributed by atoms with van der Waals surface area (Å²) in [6.07, 6.45) is 0. The highest BCUT2D eigenvalue weighted by atomic mass is 32.2. The van der Waals surface area contributed by atoms with Crippen molar-refractivity contribution in [3.63, 3.8) is 0 Å². The third kappa shape index (κ3) is 4.12. The number of nitrogens with one attached hydrogen (secondary N) is 1. The van der Waals surface area contributed by atoms with Gasteiger partial charge in [0.1, 0.15) is 11.5 Å². The Morgan fingerprint density at radius 1 is 1.04 bits per heavy atom.